The van der Waals surface area contributed by atoms with Crippen LogP contribution in [0, 0.1) is 0 Å². The van der Waals surface area contributed by atoms with Crippen LogP contribution in [0.1, 0.15) is 28.9 Å². The van der Waals surface area contributed by atoms with Gasteiger partial charge in [-0.25, -0.2) is 0 Å². The predicted molar refractivity (Wildman–Crippen MR) is 99.9 cm³/mol. The Kier molecular flexibility index (Phi) is 6.86. The average Bonchev–Trinajstić information content (AvgIpc) is 2.65. The van der Waals surface area contributed by atoms with Crippen molar-refractivity contribution in [2.24, 2.45) is 0 Å². The molecule has 6 nitrogen and oxygen atoms in total. The Morgan fingerprint density at radius 2 is 1.77 bits per heavy atom. The van der Waals surface area contributed by atoms with Gasteiger partial charge in [-0.05, 0) is 36.8 Å². The highest BCUT2D eigenvalue weighted by Gasteiger charge is 2.15. The lowest BCUT2D eigenvalue weighted by molar-refractivity contribution is -0.120. The van der Waals surface area contributed by atoms with Crippen molar-refractivity contribution >= 4 is 23.4 Å². The van der Waals surface area contributed by atoms with Crippen LogP contribution >= 0.6 is 11.6 Å². The predicted octanol–water partition coefficient (Wildman–Crippen LogP) is 2.96. The summed E-state index contributed by atoms with van der Waals surface area (Å²) in [4.78, 5) is 24.2. The molecule has 0 spiro atoms. The molecule has 2 aromatic carbocycles. The van der Waals surface area contributed by atoms with E-state index in [2.05, 4.69) is 10.6 Å². The molecule has 1 unspecified atom stereocenters. The van der Waals surface area contributed by atoms with Crippen molar-refractivity contribution < 1.29 is 19.1 Å². The van der Waals surface area contributed by atoms with Gasteiger partial charge in [0.15, 0.2) is 11.5 Å². The SMILES string of the molecule is COc1ccc(C(C)NC(=O)CNC(=O)c2ccccc2Cl)cc1OC. The fourth-order valence-electron chi connectivity index (χ4n) is 2.40. The molecule has 0 bridgehead atoms. The molecule has 2 aromatic rings. The van der Waals surface area contributed by atoms with Crippen LogP contribution in [0.5, 0.6) is 11.5 Å². The van der Waals surface area contributed by atoms with E-state index in [1.807, 2.05) is 13.0 Å². The van der Waals surface area contributed by atoms with Crippen LogP contribution in [0.2, 0.25) is 5.02 Å². The van der Waals surface area contributed by atoms with Crippen LogP contribution < -0.4 is 20.1 Å². The zero-order valence-corrected chi connectivity index (χ0v) is 15.6. The van der Waals surface area contributed by atoms with E-state index in [0.29, 0.717) is 22.1 Å². The molecule has 0 saturated heterocycles. The van der Waals surface area contributed by atoms with E-state index < -0.39 is 5.91 Å². The molecule has 138 valence electrons. The molecule has 0 heterocycles. The third-order valence-electron chi connectivity index (χ3n) is 3.81. The second-order valence-electron chi connectivity index (χ2n) is 5.57. The fraction of sp³-hybridized carbons (Fsp3) is 0.263. The number of rotatable bonds is 7. The molecule has 0 fully saturated rings. The Balaban J connectivity index is 1.93. The van der Waals surface area contributed by atoms with Crippen LogP contribution in [-0.2, 0) is 4.79 Å². The lowest BCUT2D eigenvalue weighted by Crippen LogP contribution is -2.38. The van der Waals surface area contributed by atoms with Crippen LogP contribution in [0.3, 0.4) is 0 Å². The van der Waals surface area contributed by atoms with Gasteiger partial charge >= 0.3 is 0 Å². The van der Waals surface area contributed by atoms with E-state index in [0.717, 1.165) is 5.56 Å². The molecule has 2 amide bonds. The quantitative estimate of drug-likeness (QED) is 0.778. The average molecular weight is 377 g/mol. The Morgan fingerprint density at radius 3 is 2.42 bits per heavy atom. The van der Waals surface area contributed by atoms with E-state index in [1.54, 1.807) is 50.6 Å². The molecular weight excluding hydrogens is 356 g/mol. The van der Waals surface area contributed by atoms with Crippen molar-refractivity contribution in [2.45, 2.75) is 13.0 Å². The van der Waals surface area contributed by atoms with Crippen LogP contribution in [0.4, 0.5) is 0 Å². The Morgan fingerprint density at radius 1 is 1.08 bits per heavy atom. The minimum Gasteiger partial charge on any atom is -0.493 e. The number of carbonyl (C=O) groups is 2. The van der Waals surface area contributed by atoms with Gasteiger partial charge in [0, 0.05) is 0 Å². The molecule has 0 saturated carbocycles. The highest BCUT2D eigenvalue weighted by Crippen LogP contribution is 2.29. The maximum absolute atomic E-state index is 12.1. The summed E-state index contributed by atoms with van der Waals surface area (Å²) in [6, 6.07) is 11.8. The molecule has 0 aliphatic rings. The van der Waals surface area contributed by atoms with Gasteiger partial charge in [-0.2, -0.15) is 0 Å². The molecular formula is C19H21ClN2O4. The lowest BCUT2D eigenvalue weighted by atomic mass is 10.1. The summed E-state index contributed by atoms with van der Waals surface area (Å²) in [7, 11) is 3.11. The molecule has 2 N–H and O–H groups in total. The summed E-state index contributed by atoms with van der Waals surface area (Å²) >= 11 is 5.97. The smallest absolute Gasteiger partial charge is 0.253 e. The summed E-state index contributed by atoms with van der Waals surface area (Å²) in [6.07, 6.45) is 0. The zero-order chi connectivity index (χ0) is 19.1. The lowest BCUT2D eigenvalue weighted by Gasteiger charge is -2.17. The Labute approximate surface area is 157 Å². The van der Waals surface area contributed by atoms with E-state index >= 15 is 0 Å². The third-order valence-corrected chi connectivity index (χ3v) is 4.14. The summed E-state index contributed by atoms with van der Waals surface area (Å²) < 4.78 is 10.5. The summed E-state index contributed by atoms with van der Waals surface area (Å²) in [5, 5.41) is 5.72. The zero-order valence-electron chi connectivity index (χ0n) is 14.8. The molecule has 7 heteroatoms. The van der Waals surface area contributed by atoms with Crippen molar-refractivity contribution in [3.8, 4) is 11.5 Å². The maximum atomic E-state index is 12.1. The van der Waals surface area contributed by atoms with E-state index in [4.69, 9.17) is 21.1 Å². The van der Waals surface area contributed by atoms with Crippen LogP contribution in [-0.4, -0.2) is 32.6 Å². The molecule has 0 aromatic heterocycles. The van der Waals surface area contributed by atoms with Gasteiger partial charge in [0.05, 0.1) is 37.4 Å². The monoisotopic (exact) mass is 376 g/mol. The third kappa shape index (κ3) is 4.89. The number of nitrogens with one attached hydrogen (secondary N) is 2. The number of benzene rings is 2. The number of carbonyl (C=O) groups excluding carboxylic acids is 2. The summed E-state index contributed by atoms with van der Waals surface area (Å²) in [6.45, 7) is 1.69. The number of methoxy groups -OCH3 is 2. The van der Waals surface area contributed by atoms with Gasteiger partial charge in [0.25, 0.3) is 5.91 Å². The first-order valence-electron chi connectivity index (χ1n) is 8.00. The highest BCUT2D eigenvalue weighted by molar-refractivity contribution is 6.33. The highest BCUT2D eigenvalue weighted by atomic mass is 35.5. The number of hydrogen-bond donors (Lipinski definition) is 2. The second-order valence-corrected chi connectivity index (χ2v) is 5.97. The van der Waals surface area contributed by atoms with Crippen molar-refractivity contribution in [1.29, 1.82) is 0 Å². The van der Waals surface area contributed by atoms with Gasteiger partial charge in [-0.15, -0.1) is 0 Å². The van der Waals surface area contributed by atoms with E-state index in [-0.39, 0.29) is 18.5 Å². The second kappa shape index (κ2) is 9.10. The minimum absolute atomic E-state index is 0.151. The minimum atomic E-state index is -0.399. The molecule has 0 aliphatic heterocycles. The van der Waals surface area contributed by atoms with Crippen LogP contribution in [0.15, 0.2) is 42.5 Å². The van der Waals surface area contributed by atoms with Gasteiger partial charge in [0.1, 0.15) is 0 Å². The molecule has 0 radical (unpaired) electrons. The topological polar surface area (TPSA) is 76.7 Å². The number of halogens is 1. The maximum Gasteiger partial charge on any atom is 0.253 e. The number of ether oxygens (including phenoxy) is 2. The normalized spacial score (nSPS) is 11.4. The molecule has 0 aliphatic carbocycles. The van der Waals surface area contributed by atoms with Gasteiger partial charge < -0.3 is 20.1 Å². The molecule has 26 heavy (non-hydrogen) atoms. The van der Waals surface area contributed by atoms with Crippen molar-refractivity contribution in [3.05, 3.63) is 58.6 Å². The first-order valence-corrected chi connectivity index (χ1v) is 8.38. The van der Waals surface area contributed by atoms with E-state index in [9.17, 15) is 9.59 Å². The molecule has 1 atom stereocenters. The summed E-state index contributed by atoms with van der Waals surface area (Å²) in [5.41, 5.74) is 1.18. The Bertz CT molecular complexity index is 795. The summed E-state index contributed by atoms with van der Waals surface area (Å²) in [5.74, 6) is 0.483. The first-order chi connectivity index (χ1) is 12.5. The van der Waals surface area contributed by atoms with Gasteiger partial charge in [-0.3, -0.25) is 9.59 Å². The Hall–Kier alpha value is -2.73. The fourth-order valence-corrected chi connectivity index (χ4v) is 2.62. The largest absolute Gasteiger partial charge is 0.493 e. The number of amides is 2. The van der Waals surface area contributed by atoms with Crippen molar-refractivity contribution in [1.82, 2.24) is 10.6 Å². The number of hydrogen-bond acceptors (Lipinski definition) is 4. The van der Waals surface area contributed by atoms with E-state index in [1.165, 1.54) is 0 Å². The standard InChI is InChI=1S/C19H21ClN2O4/c1-12(13-8-9-16(25-2)17(10-13)26-3)22-18(23)11-21-19(24)14-6-4-5-7-15(14)20/h4-10,12H,11H2,1-3H3,(H,21,24)(H,22,23). The first kappa shape index (κ1) is 19.6. The van der Waals surface area contributed by atoms with Gasteiger partial charge in [0.2, 0.25) is 5.91 Å². The van der Waals surface area contributed by atoms with Crippen molar-refractivity contribution in [2.75, 3.05) is 20.8 Å². The van der Waals surface area contributed by atoms with Crippen LogP contribution in [0.25, 0.3) is 0 Å². The van der Waals surface area contributed by atoms with Gasteiger partial charge in [-0.1, -0.05) is 29.8 Å². The molecule has 2 rings (SSSR count). The van der Waals surface area contributed by atoms with Crippen molar-refractivity contribution in [3.63, 3.8) is 0 Å².